The molecule has 2 rings (SSSR count). The molecule has 0 saturated carbocycles. The van der Waals surface area contributed by atoms with Gasteiger partial charge in [-0.15, -0.1) is 0 Å². The maximum Gasteiger partial charge on any atom is 0.181 e. The summed E-state index contributed by atoms with van der Waals surface area (Å²) in [6.07, 6.45) is 2.32. The van der Waals surface area contributed by atoms with Gasteiger partial charge in [0.25, 0.3) is 0 Å². The molecule has 0 fully saturated rings. The van der Waals surface area contributed by atoms with Crippen LogP contribution < -0.4 is 5.73 Å². The van der Waals surface area contributed by atoms with Crippen LogP contribution in [0.25, 0.3) is 11.3 Å². The minimum absolute atomic E-state index is 0.760. The normalized spacial score (nSPS) is 10.4. The summed E-state index contributed by atoms with van der Waals surface area (Å²) in [5.74, 6) is 0.912. The lowest BCUT2D eigenvalue weighted by atomic mass is 10.1. The number of benzene rings is 1. The highest BCUT2D eigenvalue weighted by atomic mass is 16.3. The fraction of sp³-hybridized carbons (Fsp3) is 0.182. The standard InChI is InChI=1S/C11H12N2O/c1-2-10-11(13-7-14-10)8-3-5-9(12)6-4-8/h3-7H,2,12H2,1H3. The zero-order valence-electron chi connectivity index (χ0n) is 8.03. The van der Waals surface area contributed by atoms with Gasteiger partial charge < -0.3 is 10.2 Å². The second-order valence-corrected chi connectivity index (χ2v) is 3.10. The van der Waals surface area contributed by atoms with E-state index in [1.165, 1.54) is 6.39 Å². The Labute approximate surface area is 82.6 Å². The van der Waals surface area contributed by atoms with Crippen LogP contribution in [0.15, 0.2) is 35.1 Å². The first-order valence-corrected chi connectivity index (χ1v) is 4.59. The fourth-order valence-electron chi connectivity index (χ4n) is 1.40. The van der Waals surface area contributed by atoms with Crippen LogP contribution >= 0.6 is 0 Å². The minimum Gasteiger partial charge on any atom is -0.448 e. The van der Waals surface area contributed by atoms with E-state index < -0.39 is 0 Å². The van der Waals surface area contributed by atoms with Crippen LogP contribution in [0, 0.1) is 0 Å². The first kappa shape index (κ1) is 8.81. The number of oxazole rings is 1. The van der Waals surface area contributed by atoms with Crippen LogP contribution in [0.1, 0.15) is 12.7 Å². The molecule has 72 valence electrons. The van der Waals surface area contributed by atoms with Gasteiger partial charge in [-0.1, -0.05) is 19.1 Å². The Morgan fingerprint density at radius 3 is 2.64 bits per heavy atom. The van der Waals surface area contributed by atoms with E-state index in [1.807, 2.05) is 31.2 Å². The molecule has 0 aliphatic heterocycles. The predicted molar refractivity (Wildman–Crippen MR) is 55.7 cm³/mol. The van der Waals surface area contributed by atoms with Crippen molar-refractivity contribution in [2.24, 2.45) is 0 Å². The molecular weight excluding hydrogens is 176 g/mol. The van der Waals surface area contributed by atoms with E-state index >= 15 is 0 Å². The van der Waals surface area contributed by atoms with Gasteiger partial charge in [0.15, 0.2) is 6.39 Å². The molecule has 0 spiro atoms. The quantitative estimate of drug-likeness (QED) is 0.736. The van der Waals surface area contributed by atoms with Crippen LogP contribution in [0.4, 0.5) is 5.69 Å². The number of nitrogens with two attached hydrogens (primary N) is 1. The Balaban J connectivity index is 2.44. The second kappa shape index (κ2) is 3.54. The molecule has 0 aliphatic carbocycles. The lowest BCUT2D eigenvalue weighted by Crippen LogP contribution is -1.86. The molecule has 1 aromatic heterocycles. The van der Waals surface area contributed by atoms with Crippen molar-refractivity contribution in [2.75, 3.05) is 5.73 Å². The number of hydrogen-bond donors (Lipinski definition) is 1. The molecule has 14 heavy (non-hydrogen) atoms. The zero-order valence-corrected chi connectivity index (χ0v) is 8.03. The summed E-state index contributed by atoms with van der Waals surface area (Å²) in [7, 11) is 0. The average Bonchev–Trinajstić information content (AvgIpc) is 2.67. The van der Waals surface area contributed by atoms with Crippen LogP contribution in [0.5, 0.6) is 0 Å². The number of aryl methyl sites for hydroxylation is 1. The van der Waals surface area contributed by atoms with E-state index in [9.17, 15) is 0 Å². The van der Waals surface area contributed by atoms with Gasteiger partial charge in [0.2, 0.25) is 0 Å². The van der Waals surface area contributed by atoms with E-state index in [0.29, 0.717) is 0 Å². The SMILES string of the molecule is CCc1ocnc1-c1ccc(N)cc1. The van der Waals surface area contributed by atoms with Crippen molar-refractivity contribution in [3.05, 3.63) is 36.4 Å². The number of anilines is 1. The van der Waals surface area contributed by atoms with Crippen molar-refractivity contribution in [1.82, 2.24) is 4.98 Å². The molecule has 3 nitrogen and oxygen atoms in total. The summed E-state index contributed by atoms with van der Waals surface area (Å²) >= 11 is 0. The van der Waals surface area contributed by atoms with Gasteiger partial charge in [-0.3, -0.25) is 0 Å². The highest BCUT2D eigenvalue weighted by Crippen LogP contribution is 2.23. The third-order valence-electron chi connectivity index (χ3n) is 2.15. The van der Waals surface area contributed by atoms with Gasteiger partial charge in [-0.05, 0) is 12.1 Å². The highest BCUT2D eigenvalue weighted by molar-refractivity contribution is 5.63. The monoisotopic (exact) mass is 188 g/mol. The van der Waals surface area contributed by atoms with Crippen LogP contribution in [0.3, 0.4) is 0 Å². The Bertz CT molecular complexity index is 417. The van der Waals surface area contributed by atoms with Gasteiger partial charge in [0.1, 0.15) is 11.5 Å². The Morgan fingerprint density at radius 2 is 2.00 bits per heavy atom. The van der Waals surface area contributed by atoms with Crippen molar-refractivity contribution in [3.63, 3.8) is 0 Å². The number of rotatable bonds is 2. The smallest absolute Gasteiger partial charge is 0.181 e. The van der Waals surface area contributed by atoms with Gasteiger partial charge >= 0.3 is 0 Å². The summed E-state index contributed by atoms with van der Waals surface area (Å²) in [6.45, 7) is 2.04. The van der Waals surface area contributed by atoms with Gasteiger partial charge in [-0.2, -0.15) is 0 Å². The first-order chi connectivity index (χ1) is 6.81. The summed E-state index contributed by atoms with van der Waals surface area (Å²) in [5.41, 5.74) is 8.32. The average molecular weight is 188 g/mol. The molecule has 0 aliphatic rings. The molecule has 2 aromatic rings. The second-order valence-electron chi connectivity index (χ2n) is 3.10. The van der Waals surface area contributed by atoms with Crippen molar-refractivity contribution in [2.45, 2.75) is 13.3 Å². The number of aromatic nitrogens is 1. The largest absolute Gasteiger partial charge is 0.448 e. The molecule has 1 heterocycles. The molecule has 0 bridgehead atoms. The Hall–Kier alpha value is -1.77. The summed E-state index contributed by atoms with van der Waals surface area (Å²) in [5, 5.41) is 0. The van der Waals surface area contributed by atoms with Crippen LogP contribution in [0.2, 0.25) is 0 Å². The number of nitrogen functional groups attached to an aromatic ring is 1. The van der Waals surface area contributed by atoms with Crippen molar-refractivity contribution in [1.29, 1.82) is 0 Å². The molecule has 0 radical (unpaired) electrons. The Morgan fingerprint density at radius 1 is 1.29 bits per heavy atom. The third kappa shape index (κ3) is 1.48. The highest BCUT2D eigenvalue weighted by Gasteiger charge is 2.07. The molecule has 1 aromatic carbocycles. The number of hydrogen-bond acceptors (Lipinski definition) is 3. The fourth-order valence-corrected chi connectivity index (χ4v) is 1.40. The maximum atomic E-state index is 5.61. The predicted octanol–water partition coefficient (Wildman–Crippen LogP) is 2.49. The molecule has 0 saturated heterocycles. The molecule has 0 atom stereocenters. The summed E-state index contributed by atoms with van der Waals surface area (Å²) in [6, 6.07) is 7.63. The topological polar surface area (TPSA) is 52.0 Å². The van der Waals surface area contributed by atoms with Gasteiger partial charge in [0, 0.05) is 17.7 Å². The Kier molecular flexibility index (Phi) is 2.23. The first-order valence-electron chi connectivity index (χ1n) is 4.59. The van der Waals surface area contributed by atoms with Gasteiger partial charge in [-0.25, -0.2) is 4.98 Å². The van der Waals surface area contributed by atoms with E-state index in [0.717, 1.165) is 29.1 Å². The third-order valence-corrected chi connectivity index (χ3v) is 2.15. The number of nitrogens with zero attached hydrogens (tertiary/aromatic N) is 1. The van der Waals surface area contributed by atoms with Crippen molar-refractivity contribution in [3.8, 4) is 11.3 Å². The van der Waals surface area contributed by atoms with Crippen molar-refractivity contribution < 1.29 is 4.42 Å². The molecule has 0 amide bonds. The molecular formula is C11H12N2O. The lowest BCUT2D eigenvalue weighted by molar-refractivity contribution is 0.510. The van der Waals surface area contributed by atoms with E-state index in [-0.39, 0.29) is 0 Å². The van der Waals surface area contributed by atoms with E-state index in [4.69, 9.17) is 10.2 Å². The summed E-state index contributed by atoms with van der Waals surface area (Å²) in [4.78, 5) is 4.18. The molecule has 3 heteroatoms. The van der Waals surface area contributed by atoms with Crippen LogP contribution in [-0.4, -0.2) is 4.98 Å². The molecule has 0 unspecified atom stereocenters. The maximum absolute atomic E-state index is 5.61. The van der Waals surface area contributed by atoms with Crippen molar-refractivity contribution >= 4 is 5.69 Å². The minimum atomic E-state index is 0.760. The van der Waals surface area contributed by atoms with Crippen LogP contribution in [-0.2, 0) is 6.42 Å². The summed E-state index contributed by atoms with van der Waals surface area (Å²) < 4.78 is 5.26. The van der Waals surface area contributed by atoms with E-state index in [1.54, 1.807) is 0 Å². The zero-order chi connectivity index (χ0) is 9.97. The van der Waals surface area contributed by atoms with E-state index in [2.05, 4.69) is 4.98 Å². The molecule has 2 N–H and O–H groups in total. The lowest BCUT2D eigenvalue weighted by Gasteiger charge is -1.99. The van der Waals surface area contributed by atoms with Gasteiger partial charge in [0.05, 0.1) is 0 Å².